The summed E-state index contributed by atoms with van der Waals surface area (Å²) in [6, 6.07) is 12.6. The van der Waals surface area contributed by atoms with Gasteiger partial charge in [0.05, 0.1) is 39.5 Å². The van der Waals surface area contributed by atoms with E-state index in [2.05, 4.69) is 15.3 Å². The summed E-state index contributed by atoms with van der Waals surface area (Å²) in [4.78, 5) is 22.8. The maximum atomic E-state index is 12.2. The van der Waals surface area contributed by atoms with E-state index in [9.17, 15) is 4.79 Å². The molecular weight excluding hydrogens is 347 g/mol. The van der Waals surface area contributed by atoms with Crippen LogP contribution < -0.4 is 10.2 Å². The minimum absolute atomic E-state index is 0.0918. The molecule has 0 aliphatic rings. The molecule has 0 unspecified atom stereocenters. The maximum Gasteiger partial charge on any atom is 0.244 e. The second-order valence-corrected chi connectivity index (χ2v) is 6.03. The van der Waals surface area contributed by atoms with Crippen LogP contribution >= 0.6 is 23.2 Å². The van der Waals surface area contributed by atoms with Crippen molar-refractivity contribution in [2.45, 2.75) is 0 Å². The SMILES string of the molecule is CN(CC(=O)Nc1c(Cl)cccc1Cl)c1cnc2ccccc2n1. The van der Waals surface area contributed by atoms with Gasteiger partial charge in [0.25, 0.3) is 0 Å². The first-order valence-electron chi connectivity index (χ1n) is 7.21. The molecule has 0 fully saturated rings. The maximum absolute atomic E-state index is 12.2. The minimum Gasteiger partial charge on any atom is -0.349 e. The standard InChI is InChI=1S/C17H14Cl2N4O/c1-23(15-9-20-13-7-2-3-8-14(13)21-15)10-16(24)22-17-11(18)5-4-6-12(17)19/h2-9H,10H2,1H3,(H,22,24). The fraction of sp³-hybridized carbons (Fsp3) is 0.118. The minimum atomic E-state index is -0.248. The van der Waals surface area contributed by atoms with Crippen LogP contribution in [0.3, 0.4) is 0 Å². The molecule has 0 bridgehead atoms. The second kappa shape index (κ2) is 7.03. The van der Waals surface area contributed by atoms with Gasteiger partial charge in [0, 0.05) is 7.05 Å². The van der Waals surface area contributed by atoms with E-state index in [-0.39, 0.29) is 12.5 Å². The highest BCUT2D eigenvalue weighted by molar-refractivity contribution is 6.39. The van der Waals surface area contributed by atoms with Gasteiger partial charge < -0.3 is 10.2 Å². The monoisotopic (exact) mass is 360 g/mol. The first kappa shape index (κ1) is 16.5. The molecule has 5 nitrogen and oxygen atoms in total. The Morgan fingerprint density at radius 3 is 2.46 bits per heavy atom. The van der Waals surface area contributed by atoms with Crippen LogP contribution in [0.5, 0.6) is 0 Å². The molecular formula is C17H14Cl2N4O. The number of rotatable bonds is 4. The van der Waals surface area contributed by atoms with Crippen LogP contribution in [0.1, 0.15) is 0 Å². The number of halogens is 2. The van der Waals surface area contributed by atoms with Crippen molar-refractivity contribution in [3.05, 3.63) is 58.7 Å². The van der Waals surface area contributed by atoms with Crippen molar-refractivity contribution < 1.29 is 4.79 Å². The van der Waals surface area contributed by atoms with Crippen LogP contribution in [0.15, 0.2) is 48.7 Å². The molecule has 1 aromatic heterocycles. The molecule has 0 atom stereocenters. The molecule has 3 rings (SSSR count). The summed E-state index contributed by atoms with van der Waals surface area (Å²) in [5, 5.41) is 3.51. The van der Waals surface area contributed by atoms with Gasteiger partial charge in [-0.25, -0.2) is 4.98 Å². The number of hydrogen-bond acceptors (Lipinski definition) is 4. The van der Waals surface area contributed by atoms with Crippen LogP contribution in [-0.2, 0) is 4.79 Å². The first-order chi connectivity index (χ1) is 11.5. The molecule has 0 spiro atoms. The van der Waals surface area contributed by atoms with Gasteiger partial charge in [0.2, 0.25) is 5.91 Å². The van der Waals surface area contributed by atoms with E-state index in [0.29, 0.717) is 21.6 Å². The lowest BCUT2D eigenvalue weighted by Crippen LogP contribution is -2.30. The van der Waals surface area contributed by atoms with Gasteiger partial charge in [-0.05, 0) is 24.3 Å². The first-order valence-corrected chi connectivity index (χ1v) is 7.97. The van der Waals surface area contributed by atoms with Crippen molar-refractivity contribution in [2.24, 2.45) is 0 Å². The Bertz CT molecular complexity index is 880. The molecule has 3 aromatic rings. The third-order valence-electron chi connectivity index (χ3n) is 3.43. The summed E-state index contributed by atoms with van der Waals surface area (Å²) >= 11 is 12.1. The van der Waals surface area contributed by atoms with Gasteiger partial charge in [-0.15, -0.1) is 0 Å². The highest BCUT2D eigenvalue weighted by Gasteiger charge is 2.13. The molecule has 122 valence electrons. The summed E-state index contributed by atoms with van der Waals surface area (Å²) in [5.41, 5.74) is 1.99. The number of likely N-dealkylation sites (N-methyl/N-ethyl adjacent to an activating group) is 1. The van der Waals surface area contributed by atoms with Crippen molar-refractivity contribution in [3.63, 3.8) is 0 Å². The van der Waals surface area contributed by atoms with Crippen LogP contribution in [0.2, 0.25) is 10.0 Å². The van der Waals surface area contributed by atoms with E-state index in [1.165, 1.54) is 0 Å². The number of nitrogens with one attached hydrogen (secondary N) is 1. The van der Waals surface area contributed by atoms with Gasteiger partial charge in [-0.3, -0.25) is 9.78 Å². The third kappa shape index (κ3) is 3.58. The van der Waals surface area contributed by atoms with Crippen molar-refractivity contribution in [1.29, 1.82) is 0 Å². The third-order valence-corrected chi connectivity index (χ3v) is 4.06. The number of benzene rings is 2. The molecule has 0 aliphatic carbocycles. The zero-order chi connectivity index (χ0) is 17.1. The van der Waals surface area contributed by atoms with Crippen LogP contribution in [0.25, 0.3) is 11.0 Å². The van der Waals surface area contributed by atoms with Gasteiger partial charge >= 0.3 is 0 Å². The lowest BCUT2D eigenvalue weighted by molar-refractivity contribution is -0.114. The van der Waals surface area contributed by atoms with Crippen LogP contribution in [0.4, 0.5) is 11.5 Å². The summed E-state index contributed by atoms with van der Waals surface area (Å²) in [6.07, 6.45) is 1.64. The molecule has 0 saturated carbocycles. The van der Waals surface area contributed by atoms with E-state index in [0.717, 1.165) is 11.0 Å². The normalized spacial score (nSPS) is 10.6. The van der Waals surface area contributed by atoms with Crippen molar-refractivity contribution in [2.75, 3.05) is 23.8 Å². The fourth-order valence-corrected chi connectivity index (χ4v) is 2.72. The molecule has 24 heavy (non-hydrogen) atoms. The Morgan fingerprint density at radius 2 is 1.75 bits per heavy atom. The van der Waals surface area contributed by atoms with Gasteiger partial charge in [-0.2, -0.15) is 0 Å². The Labute approximate surface area is 149 Å². The lowest BCUT2D eigenvalue weighted by atomic mass is 10.3. The van der Waals surface area contributed by atoms with E-state index in [1.54, 1.807) is 36.3 Å². The predicted octanol–water partition coefficient (Wildman–Crippen LogP) is 4.01. The molecule has 7 heteroatoms. The van der Waals surface area contributed by atoms with E-state index >= 15 is 0 Å². The number of hydrogen-bond donors (Lipinski definition) is 1. The lowest BCUT2D eigenvalue weighted by Gasteiger charge is -2.18. The number of anilines is 2. The van der Waals surface area contributed by atoms with Crippen molar-refractivity contribution >= 4 is 51.6 Å². The predicted molar refractivity (Wildman–Crippen MR) is 97.9 cm³/mol. The Hall–Kier alpha value is -2.37. The van der Waals surface area contributed by atoms with Crippen molar-refractivity contribution in [3.8, 4) is 0 Å². The number of nitrogens with zero attached hydrogens (tertiary/aromatic N) is 3. The van der Waals surface area contributed by atoms with E-state index in [4.69, 9.17) is 23.2 Å². The van der Waals surface area contributed by atoms with Gasteiger partial charge in [0.1, 0.15) is 5.82 Å². The molecule has 1 heterocycles. The number of amides is 1. The average molecular weight is 361 g/mol. The summed E-state index contributed by atoms with van der Waals surface area (Å²) in [7, 11) is 1.77. The molecule has 1 N–H and O–H groups in total. The number of carbonyl (C=O) groups is 1. The largest absolute Gasteiger partial charge is 0.349 e. The highest BCUT2D eigenvalue weighted by Crippen LogP contribution is 2.29. The summed E-state index contributed by atoms with van der Waals surface area (Å²) in [5.74, 6) is 0.358. The zero-order valence-corrected chi connectivity index (χ0v) is 14.3. The second-order valence-electron chi connectivity index (χ2n) is 5.22. The topological polar surface area (TPSA) is 58.1 Å². The average Bonchev–Trinajstić information content (AvgIpc) is 2.58. The summed E-state index contributed by atoms with van der Waals surface area (Å²) in [6.45, 7) is 0.0918. The molecule has 0 radical (unpaired) electrons. The fourth-order valence-electron chi connectivity index (χ4n) is 2.22. The van der Waals surface area contributed by atoms with Crippen LogP contribution in [0, 0.1) is 0 Å². The number of carbonyl (C=O) groups excluding carboxylic acids is 1. The summed E-state index contributed by atoms with van der Waals surface area (Å²) < 4.78 is 0. The Balaban J connectivity index is 1.73. The van der Waals surface area contributed by atoms with Gasteiger partial charge in [0.15, 0.2) is 0 Å². The molecule has 0 saturated heterocycles. The number of para-hydroxylation sites is 3. The van der Waals surface area contributed by atoms with Crippen LogP contribution in [-0.4, -0.2) is 29.5 Å². The Morgan fingerprint density at radius 1 is 1.08 bits per heavy atom. The quantitative estimate of drug-likeness (QED) is 0.763. The highest BCUT2D eigenvalue weighted by atomic mass is 35.5. The van der Waals surface area contributed by atoms with E-state index < -0.39 is 0 Å². The molecule has 1 amide bonds. The van der Waals surface area contributed by atoms with Crippen molar-refractivity contribution in [1.82, 2.24) is 9.97 Å². The zero-order valence-electron chi connectivity index (χ0n) is 12.8. The molecule has 2 aromatic carbocycles. The number of aromatic nitrogens is 2. The van der Waals surface area contributed by atoms with E-state index in [1.807, 2.05) is 24.3 Å². The van der Waals surface area contributed by atoms with Gasteiger partial charge in [-0.1, -0.05) is 41.4 Å². The Kier molecular flexibility index (Phi) is 4.83. The smallest absolute Gasteiger partial charge is 0.244 e. The molecule has 0 aliphatic heterocycles. The number of fused-ring (bicyclic) bond motifs is 1.